The number of pyridine rings is 1. The SMILES string of the molecule is Cc1ccc2nc([C@H](C)C(=O)Nc3cc(C4CC4CC4=C/CCC5C=C([C@@H](C)C(=O)Nc6cc(C7CC7)n[nH]6)N=C5/C=C\4)n[nH]3)cn2c1. The van der Waals surface area contributed by atoms with Crippen LogP contribution in [0.3, 0.4) is 0 Å². The summed E-state index contributed by atoms with van der Waals surface area (Å²) in [6.07, 6.45) is 19.1. The first-order valence-corrected chi connectivity index (χ1v) is 17.1. The summed E-state index contributed by atoms with van der Waals surface area (Å²) in [6, 6.07) is 7.89. The minimum absolute atomic E-state index is 0.0779. The molecule has 11 nitrogen and oxygen atoms in total. The second-order valence-electron chi connectivity index (χ2n) is 14.0. The van der Waals surface area contributed by atoms with Gasteiger partial charge in [-0.2, -0.15) is 10.2 Å². The maximum absolute atomic E-state index is 13.0. The Morgan fingerprint density at radius 2 is 1.71 bits per heavy atom. The van der Waals surface area contributed by atoms with Crippen LogP contribution in [-0.2, 0) is 9.59 Å². The monoisotopic (exact) mass is 643 g/mol. The molecular weight excluding hydrogens is 602 g/mol. The number of H-pyrrole nitrogens is 2. The van der Waals surface area contributed by atoms with Gasteiger partial charge in [0.05, 0.1) is 28.9 Å². The molecule has 5 atom stereocenters. The number of aromatic amines is 2. The van der Waals surface area contributed by atoms with E-state index < -0.39 is 5.92 Å². The van der Waals surface area contributed by atoms with Gasteiger partial charge in [-0.25, -0.2) is 4.98 Å². The summed E-state index contributed by atoms with van der Waals surface area (Å²) in [6.45, 7) is 5.82. The number of imidazole rings is 1. The second-order valence-corrected chi connectivity index (χ2v) is 14.0. The maximum Gasteiger partial charge on any atom is 0.234 e. The lowest BCUT2D eigenvalue weighted by Crippen LogP contribution is -2.21. The van der Waals surface area contributed by atoms with Crippen LogP contribution in [0.2, 0.25) is 0 Å². The number of amides is 2. The van der Waals surface area contributed by atoms with E-state index in [1.54, 1.807) is 0 Å². The lowest BCUT2D eigenvalue weighted by Gasteiger charge is -2.11. The molecule has 2 amide bonds. The lowest BCUT2D eigenvalue weighted by molar-refractivity contribution is -0.118. The van der Waals surface area contributed by atoms with Gasteiger partial charge in [0.15, 0.2) is 0 Å². The van der Waals surface area contributed by atoms with E-state index in [2.05, 4.69) is 60.3 Å². The highest BCUT2D eigenvalue weighted by molar-refractivity contribution is 6.02. The summed E-state index contributed by atoms with van der Waals surface area (Å²) in [5, 5.41) is 20.8. The zero-order valence-electron chi connectivity index (χ0n) is 27.5. The Bertz CT molecular complexity index is 2020. The third kappa shape index (κ3) is 6.28. The molecule has 0 spiro atoms. The van der Waals surface area contributed by atoms with Gasteiger partial charge in [0.1, 0.15) is 17.3 Å². The Kier molecular flexibility index (Phi) is 7.69. The van der Waals surface area contributed by atoms with Crippen LogP contribution in [0, 0.1) is 24.7 Å². The largest absolute Gasteiger partial charge is 0.311 e. The van der Waals surface area contributed by atoms with E-state index in [1.807, 2.05) is 61.8 Å². The topological polar surface area (TPSA) is 145 Å². The van der Waals surface area contributed by atoms with Crippen molar-refractivity contribution in [3.05, 3.63) is 94.9 Å². The van der Waals surface area contributed by atoms with Crippen molar-refractivity contribution in [2.24, 2.45) is 22.7 Å². The quantitative estimate of drug-likeness (QED) is 0.152. The average Bonchev–Trinajstić information content (AvgIpc) is 3.80. The van der Waals surface area contributed by atoms with Crippen LogP contribution >= 0.6 is 0 Å². The van der Waals surface area contributed by atoms with Crippen molar-refractivity contribution in [1.29, 1.82) is 0 Å². The first-order valence-electron chi connectivity index (χ1n) is 17.1. The average molecular weight is 644 g/mol. The van der Waals surface area contributed by atoms with Crippen molar-refractivity contribution < 1.29 is 9.59 Å². The van der Waals surface area contributed by atoms with Gasteiger partial charge < -0.3 is 15.0 Å². The van der Waals surface area contributed by atoms with E-state index in [9.17, 15) is 9.59 Å². The predicted molar refractivity (Wildman–Crippen MR) is 185 cm³/mol. The number of carbonyl (C=O) groups is 2. The van der Waals surface area contributed by atoms with Crippen molar-refractivity contribution >= 4 is 34.8 Å². The fourth-order valence-corrected chi connectivity index (χ4v) is 6.85. The fraction of sp³-hybridized carbons (Fsp3) is 0.405. The third-order valence-electron chi connectivity index (χ3n) is 10.2. The summed E-state index contributed by atoms with van der Waals surface area (Å²) in [5.41, 5.74) is 7.88. The molecule has 2 fully saturated rings. The van der Waals surface area contributed by atoms with Gasteiger partial charge in [0, 0.05) is 53.7 Å². The molecule has 0 radical (unpaired) electrons. The number of hydrogen-bond acceptors (Lipinski definition) is 6. The minimum Gasteiger partial charge on any atom is -0.311 e. The van der Waals surface area contributed by atoms with Gasteiger partial charge in [0.2, 0.25) is 11.8 Å². The van der Waals surface area contributed by atoms with Crippen LogP contribution in [0.4, 0.5) is 11.6 Å². The number of aryl methyl sites for hydroxylation is 1. The summed E-state index contributed by atoms with van der Waals surface area (Å²) >= 11 is 0. The number of carbonyl (C=O) groups excluding carboxylic acids is 2. The molecule has 246 valence electrons. The standard InChI is InChI=1S/C37H41N9O2/c1-20-7-12-35-39-32(19-46(35)18-20)22(3)37(48)41-34-17-31(43-45-34)27-14-26(27)13-23-5-4-6-25-15-29(38-28(25)11-8-23)21(2)36(47)40-33-16-30(42-44-33)24-9-10-24/h5,7-8,11-12,15-19,21-22,24-27H,4,6,9-10,13-14H2,1-3H3,(H2,40,42,44,47)(H2,41,43,45,48)/b11-8-,23-5+/t21-,22+,25?,26?,27?/m1/s1. The molecule has 0 bridgehead atoms. The first-order chi connectivity index (χ1) is 23.3. The Morgan fingerprint density at radius 3 is 2.50 bits per heavy atom. The van der Waals surface area contributed by atoms with E-state index in [-0.39, 0.29) is 23.7 Å². The van der Waals surface area contributed by atoms with Crippen LogP contribution in [0.25, 0.3) is 5.65 Å². The summed E-state index contributed by atoms with van der Waals surface area (Å²) in [7, 11) is 0. The highest BCUT2D eigenvalue weighted by Gasteiger charge is 2.40. The molecule has 4 aromatic heterocycles. The highest BCUT2D eigenvalue weighted by Crippen LogP contribution is 2.51. The highest BCUT2D eigenvalue weighted by atomic mass is 16.2. The second kappa shape index (κ2) is 12.2. The van der Waals surface area contributed by atoms with Crippen molar-refractivity contribution in [2.45, 2.75) is 77.0 Å². The Labute approximate surface area is 279 Å². The third-order valence-corrected chi connectivity index (χ3v) is 10.2. The fourth-order valence-electron chi connectivity index (χ4n) is 6.85. The zero-order valence-corrected chi connectivity index (χ0v) is 27.5. The molecule has 11 heteroatoms. The number of nitrogens with one attached hydrogen (secondary N) is 4. The molecule has 3 unspecified atom stereocenters. The van der Waals surface area contributed by atoms with Crippen molar-refractivity contribution in [3.63, 3.8) is 0 Å². The summed E-state index contributed by atoms with van der Waals surface area (Å²) < 4.78 is 1.96. The molecule has 1 aliphatic heterocycles. The molecule has 4 N–H and O–H groups in total. The molecule has 5 heterocycles. The summed E-state index contributed by atoms with van der Waals surface area (Å²) in [5.74, 6) is 1.94. The van der Waals surface area contributed by atoms with Gasteiger partial charge >= 0.3 is 0 Å². The van der Waals surface area contributed by atoms with Gasteiger partial charge in [0.25, 0.3) is 0 Å². The number of hydrogen-bond donors (Lipinski definition) is 4. The number of allylic oxidation sites excluding steroid dienone is 5. The molecule has 4 aromatic rings. The van der Waals surface area contributed by atoms with Crippen molar-refractivity contribution in [1.82, 2.24) is 29.8 Å². The van der Waals surface area contributed by atoms with Crippen LogP contribution < -0.4 is 10.6 Å². The lowest BCUT2D eigenvalue weighted by atomic mass is 9.92. The van der Waals surface area contributed by atoms with Crippen LogP contribution in [0.5, 0.6) is 0 Å². The van der Waals surface area contributed by atoms with E-state index in [0.717, 1.165) is 65.4 Å². The van der Waals surface area contributed by atoms with Crippen molar-refractivity contribution in [3.8, 4) is 0 Å². The summed E-state index contributed by atoms with van der Waals surface area (Å²) in [4.78, 5) is 35.6. The number of anilines is 2. The molecule has 2 saturated carbocycles. The van der Waals surface area contributed by atoms with Crippen LogP contribution in [0.1, 0.15) is 92.8 Å². The van der Waals surface area contributed by atoms with E-state index >= 15 is 0 Å². The number of rotatable bonds is 10. The number of fused-ring (bicyclic) bond motifs is 2. The van der Waals surface area contributed by atoms with Crippen LogP contribution in [0.15, 0.2) is 77.2 Å². The molecule has 48 heavy (non-hydrogen) atoms. The van der Waals surface area contributed by atoms with Gasteiger partial charge in [-0.3, -0.25) is 24.8 Å². The van der Waals surface area contributed by atoms with Gasteiger partial charge in [-0.05, 0) is 82.9 Å². The van der Waals surface area contributed by atoms with E-state index in [1.165, 1.54) is 18.4 Å². The number of nitrogens with zero attached hydrogens (tertiary/aromatic N) is 5. The number of aromatic nitrogens is 6. The molecule has 3 aliphatic carbocycles. The Hall–Kier alpha value is -5.06. The zero-order chi connectivity index (χ0) is 32.9. The molecule has 8 rings (SSSR count). The van der Waals surface area contributed by atoms with Gasteiger partial charge in [-0.1, -0.05) is 29.9 Å². The predicted octanol–water partition coefficient (Wildman–Crippen LogP) is 6.71. The minimum atomic E-state index is -0.401. The normalized spacial score (nSPS) is 24.7. The van der Waals surface area contributed by atoms with E-state index in [4.69, 9.17) is 4.99 Å². The Balaban J connectivity index is 0.840. The van der Waals surface area contributed by atoms with Crippen molar-refractivity contribution in [2.75, 3.05) is 10.6 Å². The maximum atomic E-state index is 13.0. The smallest absolute Gasteiger partial charge is 0.234 e. The van der Waals surface area contributed by atoms with Crippen LogP contribution in [-0.4, -0.2) is 47.3 Å². The Morgan fingerprint density at radius 1 is 0.958 bits per heavy atom. The van der Waals surface area contributed by atoms with Gasteiger partial charge in [-0.15, -0.1) is 0 Å². The molecule has 0 saturated heterocycles. The molecular formula is C37H41N9O2. The van der Waals surface area contributed by atoms with E-state index in [0.29, 0.717) is 29.4 Å². The molecule has 4 aliphatic rings. The first kappa shape index (κ1) is 30.3. The number of aliphatic imine (C=N–C) groups is 1. The molecule has 0 aromatic carbocycles.